The molecule has 0 aliphatic carbocycles. The van der Waals surface area contributed by atoms with Gasteiger partial charge in [-0.15, -0.1) is 0 Å². The highest BCUT2D eigenvalue weighted by Gasteiger charge is 2.11. The molecule has 0 aliphatic rings. The van der Waals surface area contributed by atoms with Gasteiger partial charge in [-0.25, -0.2) is 10.2 Å². The van der Waals surface area contributed by atoms with Crippen molar-refractivity contribution in [3.8, 4) is 5.75 Å². The Kier molecular flexibility index (Phi) is 15.5. The predicted molar refractivity (Wildman–Crippen MR) is 152 cm³/mol. The van der Waals surface area contributed by atoms with Gasteiger partial charge < -0.3 is 4.74 Å². The Morgan fingerprint density at radius 1 is 0.806 bits per heavy atom. The summed E-state index contributed by atoms with van der Waals surface area (Å²) in [5.74, 6) is -0.0445. The summed E-state index contributed by atoms with van der Waals surface area (Å²) in [6, 6.07) is 14.1. The molecule has 5 nitrogen and oxygen atoms in total. The molecule has 2 aromatic carbocycles. The molecule has 0 aromatic heterocycles. The quantitative estimate of drug-likeness (QED) is 0.0656. The first-order valence-electron chi connectivity index (χ1n) is 13.5. The predicted octanol–water partition coefficient (Wildman–Crippen LogP) is 8.60. The monoisotopic (exact) mass is 556 g/mol. The minimum Gasteiger partial charge on any atom is -0.423 e. The summed E-state index contributed by atoms with van der Waals surface area (Å²) in [7, 11) is 0. The molecule has 0 unspecified atom stereocenters. The number of hydrogen-bond donors (Lipinski definition) is 1. The number of ether oxygens (including phenoxy) is 1. The van der Waals surface area contributed by atoms with E-state index in [1.54, 1.807) is 48.7 Å². The number of amides is 1. The van der Waals surface area contributed by atoms with Crippen molar-refractivity contribution >= 4 is 34.0 Å². The number of unbranched alkanes of at least 4 members (excludes halogenated alkanes) is 12. The maximum atomic E-state index is 12.3. The second kappa shape index (κ2) is 18.8. The number of hydrogen-bond acceptors (Lipinski definition) is 4. The molecule has 0 aliphatic heterocycles. The van der Waals surface area contributed by atoms with Crippen LogP contribution in [0, 0.1) is 0 Å². The lowest BCUT2D eigenvalue weighted by atomic mass is 10.0. The minimum atomic E-state index is -0.427. The van der Waals surface area contributed by atoms with Crippen LogP contribution in [0.25, 0.3) is 0 Å². The van der Waals surface area contributed by atoms with Gasteiger partial charge in [0.05, 0.1) is 11.8 Å². The van der Waals surface area contributed by atoms with Crippen LogP contribution in [0.3, 0.4) is 0 Å². The van der Waals surface area contributed by atoms with Gasteiger partial charge in [-0.05, 0) is 64.3 Å². The van der Waals surface area contributed by atoms with E-state index in [4.69, 9.17) is 4.74 Å². The SMILES string of the molecule is CCCCCCCCCCCCCCCC(=O)N/N=C\c1ccc(OC(=O)c2ccccc2Br)cc1. The zero-order valence-corrected chi connectivity index (χ0v) is 23.2. The average Bonchev–Trinajstić information content (AvgIpc) is 2.88. The number of nitrogens with one attached hydrogen (secondary N) is 1. The molecule has 0 atom stereocenters. The van der Waals surface area contributed by atoms with Gasteiger partial charge in [0.2, 0.25) is 5.91 Å². The van der Waals surface area contributed by atoms with Crippen LogP contribution in [0.2, 0.25) is 0 Å². The summed E-state index contributed by atoms with van der Waals surface area (Å²) in [4.78, 5) is 24.3. The van der Waals surface area contributed by atoms with Crippen LogP contribution in [-0.2, 0) is 4.79 Å². The molecule has 0 radical (unpaired) electrons. The average molecular weight is 558 g/mol. The number of carbonyl (C=O) groups is 2. The third-order valence-corrected chi connectivity index (χ3v) is 6.79. The summed E-state index contributed by atoms with van der Waals surface area (Å²) in [5, 5.41) is 4.03. The van der Waals surface area contributed by atoms with Crippen LogP contribution in [0.4, 0.5) is 0 Å². The summed E-state index contributed by atoms with van der Waals surface area (Å²) in [6.45, 7) is 2.26. The van der Waals surface area contributed by atoms with Crippen molar-refractivity contribution in [1.29, 1.82) is 0 Å². The van der Waals surface area contributed by atoms with E-state index < -0.39 is 5.97 Å². The van der Waals surface area contributed by atoms with Gasteiger partial charge in [0.25, 0.3) is 0 Å². The van der Waals surface area contributed by atoms with Crippen molar-refractivity contribution in [2.75, 3.05) is 0 Å². The second-order valence-electron chi connectivity index (χ2n) is 9.22. The third-order valence-electron chi connectivity index (χ3n) is 6.09. The lowest BCUT2D eigenvalue weighted by molar-refractivity contribution is -0.121. The molecule has 2 rings (SSSR count). The highest BCUT2D eigenvalue weighted by molar-refractivity contribution is 9.10. The molecule has 6 heteroatoms. The molecule has 0 saturated carbocycles. The van der Waals surface area contributed by atoms with Crippen LogP contribution in [0.5, 0.6) is 5.75 Å². The van der Waals surface area contributed by atoms with Gasteiger partial charge in [0, 0.05) is 10.9 Å². The maximum absolute atomic E-state index is 12.3. The van der Waals surface area contributed by atoms with E-state index >= 15 is 0 Å². The Labute approximate surface area is 225 Å². The summed E-state index contributed by atoms with van der Waals surface area (Å²) in [6.07, 6.45) is 18.8. The molecule has 0 heterocycles. The van der Waals surface area contributed by atoms with Gasteiger partial charge in [0.1, 0.15) is 5.75 Å². The van der Waals surface area contributed by atoms with Crippen molar-refractivity contribution in [3.63, 3.8) is 0 Å². The Balaban J connectivity index is 1.51. The van der Waals surface area contributed by atoms with Gasteiger partial charge in [-0.1, -0.05) is 96.1 Å². The Morgan fingerprint density at radius 2 is 1.36 bits per heavy atom. The first kappa shape index (κ1) is 29.8. The lowest BCUT2D eigenvalue weighted by Crippen LogP contribution is -2.16. The third kappa shape index (κ3) is 13.0. The number of carbonyl (C=O) groups excluding carboxylic acids is 2. The number of esters is 1. The molecule has 2 aromatic rings. The van der Waals surface area contributed by atoms with Crippen molar-refractivity contribution in [1.82, 2.24) is 5.43 Å². The van der Waals surface area contributed by atoms with Crippen LogP contribution in [-0.4, -0.2) is 18.1 Å². The van der Waals surface area contributed by atoms with E-state index in [0.29, 0.717) is 22.2 Å². The highest BCUT2D eigenvalue weighted by atomic mass is 79.9. The molecular weight excluding hydrogens is 516 g/mol. The van der Waals surface area contributed by atoms with Crippen LogP contribution < -0.4 is 10.2 Å². The molecule has 36 heavy (non-hydrogen) atoms. The fourth-order valence-corrected chi connectivity index (χ4v) is 4.40. The van der Waals surface area contributed by atoms with Gasteiger partial charge in [-0.2, -0.15) is 5.10 Å². The number of halogens is 1. The fraction of sp³-hybridized carbons (Fsp3) is 0.500. The number of benzene rings is 2. The molecule has 1 amide bonds. The first-order valence-corrected chi connectivity index (χ1v) is 14.3. The zero-order valence-electron chi connectivity index (χ0n) is 21.6. The number of nitrogens with zero attached hydrogens (tertiary/aromatic N) is 1. The Morgan fingerprint density at radius 3 is 1.94 bits per heavy atom. The largest absolute Gasteiger partial charge is 0.423 e. The molecule has 0 spiro atoms. The molecular formula is C30H41BrN2O3. The number of rotatable bonds is 18. The van der Waals surface area contributed by atoms with Gasteiger partial charge in [0.15, 0.2) is 0 Å². The molecule has 1 N–H and O–H groups in total. The number of hydrazone groups is 1. The molecule has 0 saturated heterocycles. The van der Waals surface area contributed by atoms with Crippen LogP contribution in [0.15, 0.2) is 58.1 Å². The maximum Gasteiger partial charge on any atom is 0.344 e. The van der Waals surface area contributed by atoms with E-state index in [-0.39, 0.29) is 5.91 Å². The smallest absolute Gasteiger partial charge is 0.344 e. The standard InChI is InChI=1S/C30H41BrN2O3/c1-2-3-4-5-6-7-8-9-10-11-12-13-14-19-29(34)33-32-24-25-20-22-26(23-21-25)36-30(35)27-17-15-16-18-28(27)31/h15-18,20-24H,2-14,19H2,1H3,(H,33,34)/b32-24-. The Bertz CT molecular complexity index is 928. The van der Waals surface area contributed by atoms with E-state index in [1.807, 2.05) is 6.07 Å². The topological polar surface area (TPSA) is 67.8 Å². The molecule has 196 valence electrons. The Hall–Kier alpha value is -2.47. The first-order chi connectivity index (χ1) is 17.6. The van der Waals surface area contributed by atoms with Crippen molar-refractivity contribution in [3.05, 3.63) is 64.1 Å². The van der Waals surface area contributed by atoms with E-state index in [9.17, 15) is 9.59 Å². The summed E-state index contributed by atoms with van der Waals surface area (Å²) in [5.41, 5.74) is 3.86. The van der Waals surface area contributed by atoms with E-state index in [1.165, 1.54) is 70.6 Å². The molecule has 0 fully saturated rings. The normalized spacial score (nSPS) is 11.1. The summed E-state index contributed by atoms with van der Waals surface area (Å²) >= 11 is 3.35. The molecule has 0 bridgehead atoms. The van der Waals surface area contributed by atoms with E-state index in [0.717, 1.165) is 18.4 Å². The minimum absolute atomic E-state index is 0.0617. The van der Waals surface area contributed by atoms with Crippen molar-refractivity contribution in [2.45, 2.75) is 96.8 Å². The fourth-order valence-electron chi connectivity index (χ4n) is 3.95. The van der Waals surface area contributed by atoms with Gasteiger partial charge >= 0.3 is 5.97 Å². The van der Waals surface area contributed by atoms with Crippen LogP contribution in [0.1, 0.15) is 113 Å². The van der Waals surface area contributed by atoms with Crippen LogP contribution >= 0.6 is 15.9 Å². The zero-order chi connectivity index (χ0) is 25.8. The van der Waals surface area contributed by atoms with E-state index in [2.05, 4.69) is 33.4 Å². The summed E-state index contributed by atoms with van der Waals surface area (Å²) < 4.78 is 6.10. The van der Waals surface area contributed by atoms with Crippen molar-refractivity contribution in [2.24, 2.45) is 5.10 Å². The lowest BCUT2D eigenvalue weighted by Gasteiger charge is -2.06. The second-order valence-corrected chi connectivity index (χ2v) is 10.1. The van der Waals surface area contributed by atoms with Gasteiger partial charge in [-0.3, -0.25) is 4.79 Å². The van der Waals surface area contributed by atoms with Crippen molar-refractivity contribution < 1.29 is 14.3 Å². The highest BCUT2D eigenvalue weighted by Crippen LogP contribution is 2.19.